The minimum atomic E-state index is -1.19. The quantitative estimate of drug-likeness (QED) is 0.594. The van der Waals surface area contributed by atoms with E-state index < -0.39 is 30.3 Å². The minimum Gasteiger partial charge on any atom is -0.451 e. The summed E-state index contributed by atoms with van der Waals surface area (Å²) in [6.07, 6.45) is 1.89. The molecule has 28 heavy (non-hydrogen) atoms. The highest BCUT2D eigenvalue weighted by Crippen LogP contribution is 2.37. The average molecular weight is 411 g/mol. The first-order valence-corrected chi connectivity index (χ1v) is 9.46. The van der Waals surface area contributed by atoms with Gasteiger partial charge >= 0.3 is 5.97 Å². The number of ether oxygens (including phenoxy) is 1. The number of carbonyl (C=O) groups excluding carboxylic acids is 4. The molecule has 7 nitrogen and oxygen atoms in total. The molecule has 1 saturated heterocycles. The summed E-state index contributed by atoms with van der Waals surface area (Å²) in [5.41, 5.74) is 0.171. The molecule has 2 fully saturated rings. The molecule has 0 spiro atoms. The fourth-order valence-corrected chi connectivity index (χ4v) is 3.84. The van der Waals surface area contributed by atoms with Crippen molar-refractivity contribution in [2.75, 3.05) is 11.9 Å². The van der Waals surface area contributed by atoms with Crippen molar-refractivity contribution in [3.63, 3.8) is 0 Å². The fourth-order valence-electron chi connectivity index (χ4n) is 3.63. The van der Waals surface area contributed by atoms with Gasteiger partial charge in [-0.05, 0) is 38.0 Å². The Hall–Kier alpha value is -2.48. The van der Waals surface area contributed by atoms with Gasteiger partial charge in [0.2, 0.25) is 11.8 Å². The number of halogens is 2. The van der Waals surface area contributed by atoms with E-state index in [1.54, 1.807) is 0 Å². The van der Waals surface area contributed by atoms with Crippen molar-refractivity contribution in [1.82, 2.24) is 4.90 Å². The summed E-state index contributed by atoms with van der Waals surface area (Å²) in [5, 5.41) is 2.43. The Labute approximate surface area is 166 Å². The number of carbonyl (C=O) groups is 4. The number of hydrogen-bond acceptors (Lipinski definition) is 5. The lowest BCUT2D eigenvalue weighted by molar-refractivity contribution is -0.158. The largest absolute Gasteiger partial charge is 0.451 e. The van der Waals surface area contributed by atoms with Crippen LogP contribution in [-0.2, 0) is 23.9 Å². The third-order valence-electron chi connectivity index (χ3n) is 5.09. The van der Waals surface area contributed by atoms with E-state index in [4.69, 9.17) is 16.3 Å². The molecular weight excluding hydrogens is 391 g/mol. The first-order chi connectivity index (χ1) is 13.3. The molecule has 0 bridgehead atoms. The zero-order chi connectivity index (χ0) is 20.4. The van der Waals surface area contributed by atoms with Crippen molar-refractivity contribution in [3.8, 4) is 0 Å². The molecule has 3 atom stereocenters. The average Bonchev–Trinajstić information content (AvgIpc) is 2.89. The zero-order valence-corrected chi connectivity index (χ0v) is 16.0. The summed E-state index contributed by atoms with van der Waals surface area (Å²) >= 11 is 5.85. The molecule has 3 amide bonds. The van der Waals surface area contributed by atoms with Gasteiger partial charge in [0.1, 0.15) is 12.4 Å². The van der Waals surface area contributed by atoms with Gasteiger partial charge in [-0.2, -0.15) is 0 Å². The van der Waals surface area contributed by atoms with E-state index in [9.17, 15) is 23.6 Å². The van der Waals surface area contributed by atoms with Gasteiger partial charge in [0, 0.05) is 0 Å². The molecule has 2 aliphatic rings. The second kappa shape index (κ2) is 8.26. The fraction of sp³-hybridized carbons (Fsp3) is 0.474. The maximum absolute atomic E-state index is 13.1. The summed E-state index contributed by atoms with van der Waals surface area (Å²) in [5.74, 6) is -3.47. The van der Waals surface area contributed by atoms with E-state index in [1.165, 1.54) is 13.0 Å². The Bertz CT molecular complexity index is 807. The normalized spacial score (nSPS) is 22.6. The van der Waals surface area contributed by atoms with Crippen LogP contribution in [0.5, 0.6) is 0 Å². The molecule has 1 aliphatic heterocycles. The number of fused-ring (bicyclic) bond motifs is 1. The summed E-state index contributed by atoms with van der Waals surface area (Å²) in [4.78, 5) is 50.0. The second-order valence-electron chi connectivity index (χ2n) is 7.01. The molecule has 0 radical (unpaired) electrons. The monoisotopic (exact) mass is 410 g/mol. The molecule has 1 aromatic rings. The predicted molar refractivity (Wildman–Crippen MR) is 97.8 cm³/mol. The number of imide groups is 1. The zero-order valence-electron chi connectivity index (χ0n) is 15.2. The predicted octanol–water partition coefficient (Wildman–Crippen LogP) is 2.52. The van der Waals surface area contributed by atoms with Gasteiger partial charge in [-0.15, -0.1) is 0 Å². The maximum Gasteiger partial charge on any atom is 0.326 e. The van der Waals surface area contributed by atoms with Crippen molar-refractivity contribution in [2.24, 2.45) is 11.8 Å². The van der Waals surface area contributed by atoms with Crippen LogP contribution in [0.2, 0.25) is 5.02 Å². The van der Waals surface area contributed by atoms with Gasteiger partial charge in [0.25, 0.3) is 5.91 Å². The third kappa shape index (κ3) is 4.16. The van der Waals surface area contributed by atoms with Crippen LogP contribution in [0.3, 0.4) is 0 Å². The van der Waals surface area contributed by atoms with Crippen molar-refractivity contribution < 1.29 is 28.3 Å². The van der Waals surface area contributed by atoms with E-state index in [0.717, 1.165) is 29.9 Å². The second-order valence-corrected chi connectivity index (χ2v) is 7.41. The van der Waals surface area contributed by atoms with Crippen LogP contribution in [0.1, 0.15) is 32.6 Å². The molecule has 150 valence electrons. The Morgan fingerprint density at radius 1 is 1.25 bits per heavy atom. The van der Waals surface area contributed by atoms with Crippen LogP contribution < -0.4 is 5.32 Å². The van der Waals surface area contributed by atoms with Crippen molar-refractivity contribution in [3.05, 3.63) is 29.0 Å². The van der Waals surface area contributed by atoms with Crippen LogP contribution in [-0.4, -0.2) is 41.2 Å². The number of anilines is 1. The number of benzene rings is 1. The lowest BCUT2D eigenvalue weighted by Gasteiger charge is -2.19. The SMILES string of the molecule is C[C@@H](OC(=O)CN1C(=O)[C@H]2CCCC[C@H]2C1=O)C(=O)Nc1ccc(F)cc1Cl. The molecule has 3 rings (SSSR count). The molecular formula is C19H20ClFN2O5. The summed E-state index contributed by atoms with van der Waals surface area (Å²) in [7, 11) is 0. The first kappa shape index (κ1) is 20.3. The Balaban J connectivity index is 1.56. The standard InChI is InChI=1S/C19H20ClFN2O5/c1-10(17(25)22-15-7-6-11(21)8-14(15)20)28-16(24)9-23-18(26)12-4-2-3-5-13(12)19(23)27/h6-8,10,12-13H,2-5,9H2,1H3,(H,22,25)/t10-,12-,13+/m1/s1. The van der Waals surface area contributed by atoms with Crippen molar-refractivity contribution >= 4 is 41.0 Å². The maximum atomic E-state index is 13.1. The van der Waals surface area contributed by atoms with E-state index in [0.29, 0.717) is 12.8 Å². The van der Waals surface area contributed by atoms with Crippen LogP contribution in [0, 0.1) is 17.7 Å². The number of hydrogen-bond donors (Lipinski definition) is 1. The molecule has 1 N–H and O–H groups in total. The van der Waals surface area contributed by atoms with Crippen LogP contribution >= 0.6 is 11.6 Å². The molecule has 0 unspecified atom stereocenters. The molecule has 9 heteroatoms. The number of likely N-dealkylation sites (tertiary alicyclic amines) is 1. The van der Waals surface area contributed by atoms with Gasteiger partial charge in [-0.3, -0.25) is 24.1 Å². The van der Waals surface area contributed by atoms with Crippen molar-refractivity contribution in [2.45, 2.75) is 38.7 Å². The number of amides is 3. The van der Waals surface area contributed by atoms with E-state index in [2.05, 4.69) is 5.32 Å². The topological polar surface area (TPSA) is 92.8 Å². The van der Waals surface area contributed by atoms with E-state index in [1.807, 2.05) is 0 Å². The molecule has 1 aliphatic carbocycles. The lowest BCUT2D eigenvalue weighted by atomic mass is 9.81. The van der Waals surface area contributed by atoms with Crippen molar-refractivity contribution in [1.29, 1.82) is 0 Å². The number of rotatable bonds is 5. The number of nitrogens with zero attached hydrogens (tertiary/aromatic N) is 1. The summed E-state index contributed by atoms with van der Waals surface area (Å²) < 4.78 is 18.1. The molecule has 0 aromatic heterocycles. The van der Waals surface area contributed by atoms with Crippen LogP contribution in [0.4, 0.5) is 10.1 Å². The smallest absolute Gasteiger partial charge is 0.326 e. The molecule has 1 saturated carbocycles. The van der Waals surface area contributed by atoms with Crippen LogP contribution in [0.15, 0.2) is 18.2 Å². The first-order valence-electron chi connectivity index (χ1n) is 9.08. The highest BCUT2D eigenvalue weighted by atomic mass is 35.5. The van der Waals surface area contributed by atoms with Gasteiger partial charge in [0.05, 0.1) is 22.5 Å². The lowest BCUT2D eigenvalue weighted by Crippen LogP contribution is -2.39. The van der Waals surface area contributed by atoms with Crippen LogP contribution in [0.25, 0.3) is 0 Å². The molecule has 1 aromatic carbocycles. The van der Waals surface area contributed by atoms with Gasteiger partial charge < -0.3 is 10.1 Å². The number of esters is 1. The summed E-state index contributed by atoms with van der Waals surface area (Å²) in [6, 6.07) is 3.45. The third-order valence-corrected chi connectivity index (χ3v) is 5.40. The summed E-state index contributed by atoms with van der Waals surface area (Å²) in [6.45, 7) is 0.831. The Morgan fingerprint density at radius 3 is 2.43 bits per heavy atom. The van der Waals surface area contributed by atoms with E-state index in [-0.39, 0.29) is 34.4 Å². The highest BCUT2D eigenvalue weighted by molar-refractivity contribution is 6.33. The minimum absolute atomic E-state index is 0.00254. The highest BCUT2D eigenvalue weighted by Gasteiger charge is 2.48. The number of nitrogens with one attached hydrogen (secondary N) is 1. The molecule has 1 heterocycles. The van der Waals surface area contributed by atoms with Gasteiger partial charge in [-0.1, -0.05) is 24.4 Å². The van der Waals surface area contributed by atoms with Gasteiger partial charge in [-0.25, -0.2) is 4.39 Å². The Morgan fingerprint density at radius 2 is 1.86 bits per heavy atom. The van der Waals surface area contributed by atoms with Gasteiger partial charge in [0.15, 0.2) is 6.10 Å². The van der Waals surface area contributed by atoms with E-state index >= 15 is 0 Å². The Kier molecular flexibility index (Phi) is 5.98.